The van der Waals surface area contributed by atoms with Crippen molar-refractivity contribution in [2.75, 3.05) is 7.05 Å². The number of carbonyl (C=O) groups excluding carboxylic acids is 1. The van der Waals surface area contributed by atoms with Gasteiger partial charge >= 0.3 is 0 Å². The van der Waals surface area contributed by atoms with Crippen LogP contribution in [0.15, 0.2) is 24.3 Å². The Bertz CT molecular complexity index is 326. The number of hydrazine groups is 1. The molecule has 4 nitrogen and oxygen atoms in total. The fraction of sp³-hybridized carbons (Fsp3) is 0.300. The number of hydrogen-bond donors (Lipinski definition) is 3. The quantitative estimate of drug-likeness (QED) is 0.672. The largest absolute Gasteiger partial charge is 0.324 e. The monoisotopic (exact) mass is 227 g/mol. The van der Waals surface area contributed by atoms with Gasteiger partial charge in [-0.25, -0.2) is 5.43 Å². The molecule has 1 rings (SSSR count). The van der Waals surface area contributed by atoms with Crippen LogP contribution in [0.3, 0.4) is 0 Å². The van der Waals surface area contributed by atoms with Crippen molar-refractivity contribution in [3.8, 4) is 0 Å². The van der Waals surface area contributed by atoms with Crippen molar-refractivity contribution in [2.45, 2.75) is 12.5 Å². The molecule has 1 amide bonds. The van der Waals surface area contributed by atoms with Gasteiger partial charge in [-0.2, -0.15) is 0 Å². The summed E-state index contributed by atoms with van der Waals surface area (Å²) in [5, 5.41) is 0.658. The highest BCUT2D eigenvalue weighted by atomic mass is 35.5. The normalized spacial score (nSPS) is 12.2. The molecular formula is C10H14ClN3O. The van der Waals surface area contributed by atoms with E-state index in [9.17, 15) is 4.79 Å². The van der Waals surface area contributed by atoms with E-state index in [-0.39, 0.29) is 18.4 Å². The maximum atomic E-state index is 11.2. The van der Waals surface area contributed by atoms with E-state index in [2.05, 4.69) is 10.9 Å². The van der Waals surface area contributed by atoms with E-state index in [0.717, 1.165) is 5.56 Å². The first-order valence-corrected chi connectivity index (χ1v) is 4.98. The van der Waals surface area contributed by atoms with Crippen LogP contribution in [0.1, 0.15) is 18.0 Å². The lowest BCUT2D eigenvalue weighted by Crippen LogP contribution is -2.36. The van der Waals surface area contributed by atoms with Crippen molar-refractivity contribution in [3.05, 3.63) is 34.9 Å². The van der Waals surface area contributed by atoms with E-state index in [4.69, 9.17) is 17.3 Å². The summed E-state index contributed by atoms with van der Waals surface area (Å²) < 4.78 is 0. The lowest BCUT2D eigenvalue weighted by atomic mass is 10.0. The van der Waals surface area contributed by atoms with Crippen molar-refractivity contribution in [2.24, 2.45) is 5.73 Å². The molecule has 0 spiro atoms. The molecule has 1 aromatic rings. The fourth-order valence-electron chi connectivity index (χ4n) is 1.22. The van der Waals surface area contributed by atoms with Gasteiger partial charge in [0.05, 0.1) is 0 Å². The Morgan fingerprint density at radius 1 is 1.47 bits per heavy atom. The number of benzene rings is 1. The third-order valence-corrected chi connectivity index (χ3v) is 2.22. The molecule has 4 N–H and O–H groups in total. The van der Waals surface area contributed by atoms with Gasteiger partial charge in [0.25, 0.3) is 0 Å². The number of hydrogen-bond acceptors (Lipinski definition) is 3. The van der Waals surface area contributed by atoms with Crippen molar-refractivity contribution in [3.63, 3.8) is 0 Å². The second kappa shape index (κ2) is 5.70. The summed E-state index contributed by atoms with van der Waals surface area (Å²) in [4.78, 5) is 11.2. The van der Waals surface area contributed by atoms with Crippen LogP contribution >= 0.6 is 11.6 Å². The van der Waals surface area contributed by atoms with Crippen molar-refractivity contribution < 1.29 is 4.79 Å². The zero-order valence-corrected chi connectivity index (χ0v) is 9.21. The minimum Gasteiger partial charge on any atom is -0.324 e. The summed E-state index contributed by atoms with van der Waals surface area (Å²) in [5.74, 6) is -0.139. The van der Waals surface area contributed by atoms with Gasteiger partial charge in [-0.1, -0.05) is 23.7 Å². The zero-order valence-electron chi connectivity index (χ0n) is 8.46. The minimum atomic E-state index is -0.310. The highest BCUT2D eigenvalue weighted by Gasteiger charge is 2.10. The number of amides is 1. The van der Waals surface area contributed by atoms with Gasteiger partial charge in [-0.3, -0.25) is 10.2 Å². The maximum absolute atomic E-state index is 11.2. The Balaban J connectivity index is 2.57. The highest BCUT2D eigenvalue weighted by molar-refractivity contribution is 6.30. The second-order valence-electron chi connectivity index (χ2n) is 3.16. The van der Waals surface area contributed by atoms with Crippen LogP contribution < -0.4 is 16.6 Å². The molecule has 1 unspecified atom stereocenters. The predicted molar refractivity (Wildman–Crippen MR) is 60.2 cm³/mol. The third-order valence-electron chi connectivity index (χ3n) is 1.97. The first-order chi connectivity index (χ1) is 7.13. The van der Waals surface area contributed by atoms with Crippen LogP contribution in [0.5, 0.6) is 0 Å². The first kappa shape index (κ1) is 12.0. The first-order valence-electron chi connectivity index (χ1n) is 4.60. The molecule has 0 saturated carbocycles. The Hall–Kier alpha value is -1.10. The summed E-state index contributed by atoms with van der Waals surface area (Å²) in [7, 11) is 1.63. The zero-order chi connectivity index (χ0) is 11.3. The standard InChI is InChI=1S/C10H14ClN3O/c1-13-14-10(15)6-9(12)7-2-4-8(11)5-3-7/h2-5,9,13H,6,12H2,1H3,(H,14,15). The molecule has 0 bridgehead atoms. The summed E-state index contributed by atoms with van der Waals surface area (Å²) in [5.41, 5.74) is 11.8. The Kier molecular flexibility index (Phi) is 4.55. The van der Waals surface area contributed by atoms with E-state index in [1.54, 1.807) is 19.2 Å². The SMILES string of the molecule is CNNC(=O)CC(N)c1ccc(Cl)cc1. The third kappa shape index (κ3) is 3.87. The molecule has 0 heterocycles. The van der Waals surface area contributed by atoms with E-state index >= 15 is 0 Å². The van der Waals surface area contributed by atoms with Gasteiger partial charge in [0, 0.05) is 24.5 Å². The van der Waals surface area contributed by atoms with E-state index in [0.29, 0.717) is 5.02 Å². The Labute approximate surface area is 93.8 Å². The smallest absolute Gasteiger partial charge is 0.235 e. The van der Waals surface area contributed by atoms with Crippen molar-refractivity contribution >= 4 is 17.5 Å². The number of nitrogens with two attached hydrogens (primary N) is 1. The van der Waals surface area contributed by atoms with Gasteiger partial charge in [0.1, 0.15) is 0 Å². The van der Waals surface area contributed by atoms with Gasteiger partial charge in [0.2, 0.25) is 5.91 Å². The predicted octanol–water partition coefficient (Wildman–Crippen LogP) is 0.981. The van der Waals surface area contributed by atoms with Crippen LogP contribution in [-0.4, -0.2) is 13.0 Å². The Morgan fingerprint density at radius 3 is 2.60 bits per heavy atom. The highest BCUT2D eigenvalue weighted by Crippen LogP contribution is 2.16. The lowest BCUT2D eigenvalue weighted by molar-refractivity contribution is -0.122. The van der Waals surface area contributed by atoms with Gasteiger partial charge in [-0.15, -0.1) is 0 Å². The van der Waals surface area contributed by atoms with Crippen LogP contribution in [0.25, 0.3) is 0 Å². The van der Waals surface area contributed by atoms with E-state index in [1.807, 2.05) is 12.1 Å². The van der Waals surface area contributed by atoms with Crippen LogP contribution in [-0.2, 0) is 4.79 Å². The van der Waals surface area contributed by atoms with Crippen LogP contribution in [0.2, 0.25) is 5.02 Å². The number of nitrogens with one attached hydrogen (secondary N) is 2. The number of rotatable bonds is 4. The molecule has 1 aromatic carbocycles. The molecule has 82 valence electrons. The molecule has 0 radical (unpaired) electrons. The molecule has 0 aliphatic carbocycles. The minimum absolute atomic E-state index is 0.139. The molecule has 0 aliphatic rings. The average Bonchev–Trinajstić information content (AvgIpc) is 2.18. The number of halogens is 1. The molecular weight excluding hydrogens is 214 g/mol. The summed E-state index contributed by atoms with van der Waals surface area (Å²) >= 11 is 5.74. The average molecular weight is 228 g/mol. The van der Waals surface area contributed by atoms with Crippen LogP contribution in [0.4, 0.5) is 0 Å². The fourth-order valence-corrected chi connectivity index (χ4v) is 1.34. The molecule has 5 heteroatoms. The molecule has 0 saturated heterocycles. The van der Waals surface area contributed by atoms with Crippen molar-refractivity contribution in [1.29, 1.82) is 0 Å². The van der Waals surface area contributed by atoms with Gasteiger partial charge < -0.3 is 5.73 Å². The molecule has 0 aliphatic heterocycles. The summed E-state index contributed by atoms with van der Waals surface area (Å²) in [6, 6.07) is 6.84. The molecule has 1 atom stereocenters. The molecule has 0 aromatic heterocycles. The second-order valence-corrected chi connectivity index (χ2v) is 3.60. The molecule has 15 heavy (non-hydrogen) atoms. The van der Waals surface area contributed by atoms with E-state index in [1.165, 1.54) is 0 Å². The van der Waals surface area contributed by atoms with Gasteiger partial charge in [-0.05, 0) is 17.7 Å². The Morgan fingerprint density at radius 2 is 2.07 bits per heavy atom. The summed E-state index contributed by atoms with van der Waals surface area (Å²) in [6.45, 7) is 0. The number of carbonyl (C=O) groups is 1. The van der Waals surface area contributed by atoms with Gasteiger partial charge in [0.15, 0.2) is 0 Å². The summed E-state index contributed by atoms with van der Waals surface area (Å²) in [6.07, 6.45) is 0.239. The van der Waals surface area contributed by atoms with Crippen LogP contribution in [0, 0.1) is 0 Å². The lowest BCUT2D eigenvalue weighted by Gasteiger charge is -2.11. The maximum Gasteiger partial charge on any atom is 0.235 e. The molecule has 0 fully saturated rings. The van der Waals surface area contributed by atoms with E-state index < -0.39 is 0 Å². The van der Waals surface area contributed by atoms with Crippen molar-refractivity contribution in [1.82, 2.24) is 10.9 Å². The topological polar surface area (TPSA) is 67.1 Å².